The average molecular weight is 437 g/mol. The van der Waals surface area contributed by atoms with Gasteiger partial charge >= 0.3 is 0 Å². The topological polar surface area (TPSA) is 29.5 Å². The molecule has 0 aromatic heterocycles. The maximum absolute atomic E-state index is 10.0. The van der Waals surface area contributed by atoms with Crippen LogP contribution in [0.25, 0.3) is 0 Å². The van der Waals surface area contributed by atoms with Gasteiger partial charge in [-0.25, -0.2) is 0 Å². The van der Waals surface area contributed by atoms with Crippen LogP contribution in [0.2, 0.25) is 0 Å². The molecule has 0 spiro atoms. The number of rotatable bonds is 25. The van der Waals surface area contributed by atoms with E-state index < -0.39 is 0 Å². The van der Waals surface area contributed by atoms with Crippen molar-refractivity contribution in [3.63, 3.8) is 0 Å². The molecule has 0 aliphatic carbocycles. The third-order valence-electron chi connectivity index (χ3n) is 5.94. The number of aliphatic hydroxyl groups excluding tert-OH is 1. The lowest BCUT2D eigenvalue weighted by Gasteiger charge is -2.11. The lowest BCUT2D eigenvalue weighted by Crippen LogP contribution is -2.15. The first kappa shape index (κ1) is 30.4. The molecule has 1 atom stereocenters. The van der Waals surface area contributed by atoms with Gasteiger partial charge in [0.25, 0.3) is 0 Å². The average Bonchev–Trinajstić information content (AvgIpc) is 2.77. The molecule has 31 heavy (non-hydrogen) atoms. The number of hydrogen-bond donors (Lipinski definition) is 1. The second-order valence-corrected chi connectivity index (χ2v) is 9.22. The molecule has 184 valence electrons. The fourth-order valence-corrected chi connectivity index (χ4v) is 3.83. The van der Waals surface area contributed by atoms with Crippen LogP contribution in [-0.4, -0.2) is 24.4 Å². The van der Waals surface area contributed by atoms with E-state index in [1.165, 1.54) is 103 Å². The molecule has 0 heterocycles. The summed E-state index contributed by atoms with van der Waals surface area (Å²) >= 11 is 0. The lowest BCUT2D eigenvalue weighted by atomic mass is 10.1. The molecule has 0 radical (unpaired) electrons. The molecule has 0 aromatic rings. The van der Waals surface area contributed by atoms with E-state index in [0.29, 0.717) is 6.61 Å². The largest absolute Gasteiger partial charge is 0.391 e. The Kier molecular flexibility index (Phi) is 26.9. The summed E-state index contributed by atoms with van der Waals surface area (Å²) in [6.07, 6.45) is 34.3. The van der Waals surface area contributed by atoms with Crippen LogP contribution >= 0.6 is 0 Å². The zero-order chi connectivity index (χ0) is 22.7. The Labute approximate surface area is 195 Å². The van der Waals surface area contributed by atoms with E-state index in [4.69, 9.17) is 4.74 Å². The number of unbranched alkanes of at least 4 members (excludes halogenated alkanes) is 15. The third kappa shape index (κ3) is 27.4. The molecule has 0 saturated heterocycles. The van der Waals surface area contributed by atoms with Crippen LogP contribution in [0.3, 0.4) is 0 Å². The summed E-state index contributed by atoms with van der Waals surface area (Å²) in [7, 11) is 0. The minimum Gasteiger partial charge on any atom is -0.391 e. The predicted octanol–water partition coefficient (Wildman–Crippen LogP) is 9.32. The molecule has 2 nitrogen and oxygen atoms in total. The highest BCUT2D eigenvalue weighted by atomic mass is 16.5. The summed E-state index contributed by atoms with van der Waals surface area (Å²) in [6.45, 7) is 5.85. The van der Waals surface area contributed by atoms with Crippen LogP contribution in [-0.2, 0) is 4.74 Å². The first-order valence-electron chi connectivity index (χ1n) is 13.9. The summed E-state index contributed by atoms with van der Waals surface area (Å²) in [5.74, 6) is 0. The summed E-state index contributed by atoms with van der Waals surface area (Å²) in [5.41, 5.74) is 0. The Morgan fingerprint density at radius 3 is 1.71 bits per heavy atom. The maximum Gasteiger partial charge on any atom is 0.0773 e. The smallest absolute Gasteiger partial charge is 0.0773 e. The van der Waals surface area contributed by atoms with Crippen molar-refractivity contribution >= 4 is 0 Å². The van der Waals surface area contributed by atoms with Gasteiger partial charge in [-0.2, -0.15) is 0 Å². The molecule has 0 aliphatic heterocycles. The van der Waals surface area contributed by atoms with Gasteiger partial charge in [-0.3, -0.25) is 0 Å². The summed E-state index contributed by atoms with van der Waals surface area (Å²) in [4.78, 5) is 0. The van der Waals surface area contributed by atoms with Crippen LogP contribution < -0.4 is 0 Å². The highest BCUT2D eigenvalue weighted by Gasteiger charge is 2.04. The van der Waals surface area contributed by atoms with Gasteiger partial charge in [0.05, 0.1) is 12.7 Å². The zero-order valence-corrected chi connectivity index (χ0v) is 21.3. The molecule has 2 heteroatoms. The summed E-state index contributed by atoms with van der Waals surface area (Å²) in [6, 6.07) is 0. The SMILES string of the molecule is CCCCC/C=C\C/C=C\CCCCCCCCC[C@@H](O)COCCCCCCCC. The Morgan fingerprint density at radius 1 is 0.581 bits per heavy atom. The van der Waals surface area contributed by atoms with Crippen molar-refractivity contribution in [3.8, 4) is 0 Å². The molecule has 0 fully saturated rings. The van der Waals surface area contributed by atoms with Crippen molar-refractivity contribution in [3.05, 3.63) is 24.3 Å². The molecule has 0 saturated carbocycles. The van der Waals surface area contributed by atoms with E-state index in [-0.39, 0.29) is 6.10 Å². The van der Waals surface area contributed by atoms with Crippen LogP contribution in [0, 0.1) is 0 Å². The molecule has 0 aliphatic rings. The second-order valence-electron chi connectivity index (χ2n) is 9.22. The fourth-order valence-electron chi connectivity index (χ4n) is 3.83. The molecular weight excluding hydrogens is 380 g/mol. The van der Waals surface area contributed by atoms with Crippen molar-refractivity contribution in [1.29, 1.82) is 0 Å². The zero-order valence-electron chi connectivity index (χ0n) is 21.3. The molecule has 1 N–H and O–H groups in total. The normalized spacial score (nSPS) is 13.0. The van der Waals surface area contributed by atoms with Gasteiger partial charge < -0.3 is 9.84 Å². The van der Waals surface area contributed by atoms with Gasteiger partial charge in [0.15, 0.2) is 0 Å². The molecule has 0 aromatic carbocycles. The van der Waals surface area contributed by atoms with Crippen molar-refractivity contribution < 1.29 is 9.84 Å². The number of aliphatic hydroxyl groups is 1. The first-order chi connectivity index (χ1) is 15.3. The van der Waals surface area contributed by atoms with E-state index in [9.17, 15) is 5.11 Å². The van der Waals surface area contributed by atoms with Gasteiger partial charge in [-0.05, 0) is 44.9 Å². The van der Waals surface area contributed by atoms with Crippen molar-refractivity contribution in [2.24, 2.45) is 0 Å². The van der Waals surface area contributed by atoms with Gasteiger partial charge in [-0.1, -0.05) is 122 Å². The number of hydrogen-bond acceptors (Lipinski definition) is 2. The van der Waals surface area contributed by atoms with E-state index in [2.05, 4.69) is 38.2 Å². The number of allylic oxidation sites excluding steroid dienone is 4. The second kappa shape index (κ2) is 27.4. The van der Waals surface area contributed by atoms with Gasteiger partial charge in [0.2, 0.25) is 0 Å². The molecule has 0 unspecified atom stereocenters. The van der Waals surface area contributed by atoms with Crippen molar-refractivity contribution in [1.82, 2.24) is 0 Å². The Hall–Kier alpha value is -0.600. The minimum atomic E-state index is -0.266. The maximum atomic E-state index is 10.0. The van der Waals surface area contributed by atoms with Crippen LogP contribution in [0.1, 0.15) is 142 Å². The molecular formula is C29H56O2. The molecule has 0 amide bonds. The van der Waals surface area contributed by atoms with E-state index in [0.717, 1.165) is 32.3 Å². The monoisotopic (exact) mass is 436 g/mol. The Morgan fingerprint density at radius 2 is 1.06 bits per heavy atom. The quantitative estimate of drug-likeness (QED) is 0.114. The van der Waals surface area contributed by atoms with Gasteiger partial charge in [0, 0.05) is 6.61 Å². The lowest BCUT2D eigenvalue weighted by molar-refractivity contribution is 0.0297. The van der Waals surface area contributed by atoms with Crippen LogP contribution in [0.4, 0.5) is 0 Å². The van der Waals surface area contributed by atoms with Crippen LogP contribution in [0.15, 0.2) is 24.3 Å². The van der Waals surface area contributed by atoms with Gasteiger partial charge in [-0.15, -0.1) is 0 Å². The predicted molar refractivity (Wildman–Crippen MR) is 139 cm³/mol. The number of ether oxygens (including phenoxy) is 1. The van der Waals surface area contributed by atoms with Crippen molar-refractivity contribution in [2.75, 3.05) is 13.2 Å². The fraction of sp³-hybridized carbons (Fsp3) is 0.862. The first-order valence-corrected chi connectivity index (χ1v) is 13.9. The highest BCUT2D eigenvalue weighted by molar-refractivity contribution is 4.92. The Balaban J connectivity index is 3.22. The molecule has 0 rings (SSSR count). The standard InChI is InChI=1S/C29H56O2/c1-3-5-7-9-11-12-13-14-15-16-17-18-19-20-21-22-24-26-29(30)28-31-27-25-23-10-8-6-4-2/h11-12,14-15,29-30H,3-10,13,16-28H2,1-2H3/b12-11-,15-14-/t29-/m1/s1. The minimum absolute atomic E-state index is 0.266. The van der Waals surface area contributed by atoms with Crippen LogP contribution in [0.5, 0.6) is 0 Å². The highest BCUT2D eigenvalue weighted by Crippen LogP contribution is 2.12. The van der Waals surface area contributed by atoms with Crippen molar-refractivity contribution in [2.45, 2.75) is 148 Å². The van der Waals surface area contributed by atoms with Gasteiger partial charge in [0.1, 0.15) is 0 Å². The molecule has 0 bridgehead atoms. The third-order valence-corrected chi connectivity index (χ3v) is 5.94. The Bertz CT molecular complexity index is 375. The van der Waals surface area contributed by atoms with E-state index >= 15 is 0 Å². The summed E-state index contributed by atoms with van der Waals surface area (Å²) in [5, 5.41) is 10.0. The van der Waals surface area contributed by atoms with E-state index in [1.807, 2.05) is 0 Å². The summed E-state index contributed by atoms with van der Waals surface area (Å²) < 4.78 is 5.63. The van der Waals surface area contributed by atoms with E-state index in [1.54, 1.807) is 0 Å².